The van der Waals surface area contributed by atoms with Crippen molar-refractivity contribution in [2.45, 2.75) is 25.4 Å². The second kappa shape index (κ2) is 16.2. The van der Waals surface area contributed by atoms with E-state index in [0.29, 0.717) is 11.1 Å². The zero-order chi connectivity index (χ0) is 36.4. The van der Waals surface area contributed by atoms with Crippen LogP contribution in [-0.2, 0) is 22.5 Å². The van der Waals surface area contributed by atoms with Crippen molar-refractivity contribution in [2.24, 2.45) is 5.92 Å². The molecule has 1 aliphatic carbocycles. The summed E-state index contributed by atoms with van der Waals surface area (Å²) in [5, 5.41) is 11.6. The van der Waals surface area contributed by atoms with Gasteiger partial charge in [0, 0.05) is 28.0 Å². The van der Waals surface area contributed by atoms with Crippen LogP contribution in [0.5, 0.6) is 5.75 Å². The van der Waals surface area contributed by atoms with Gasteiger partial charge < -0.3 is 19.6 Å². The van der Waals surface area contributed by atoms with Gasteiger partial charge in [-0.05, 0) is 60.7 Å². The van der Waals surface area contributed by atoms with Crippen LogP contribution in [0.1, 0.15) is 40.1 Å². The van der Waals surface area contributed by atoms with Crippen molar-refractivity contribution < 1.29 is 31.4 Å². The topological polar surface area (TPSA) is 57.5 Å². The zero-order valence-electron chi connectivity index (χ0n) is 29.9. The Hall–Kier alpha value is -4.88. The summed E-state index contributed by atoms with van der Waals surface area (Å²) in [5.74, 6) is 0.488. The molecule has 2 heterocycles. The van der Waals surface area contributed by atoms with Gasteiger partial charge in [0.25, 0.3) is 0 Å². The molecule has 3 aliphatic rings. The molecule has 9 rings (SSSR count). The summed E-state index contributed by atoms with van der Waals surface area (Å²) in [6.07, 6.45) is 7.01. The Morgan fingerprint density at radius 3 is 1.48 bits per heavy atom. The Kier molecular flexibility index (Phi) is 11.3. The maximum Gasteiger partial charge on any atom is 1.00 e. The summed E-state index contributed by atoms with van der Waals surface area (Å²) < 4.78 is 7.39. The predicted octanol–water partition coefficient (Wildman–Crippen LogP) is 8.50. The van der Waals surface area contributed by atoms with Gasteiger partial charge in [0.05, 0.1) is 19.7 Å². The van der Waals surface area contributed by atoms with Gasteiger partial charge in [-0.25, -0.2) is 0 Å². The average molecular weight is 792 g/mol. The minimum atomic E-state index is -1.30. The Morgan fingerprint density at radius 2 is 1.00 bits per heavy atom. The molecule has 0 N–H and O–H groups in total. The third-order valence-electron chi connectivity index (χ3n) is 10.4. The summed E-state index contributed by atoms with van der Waals surface area (Å²) in [6, 6.07) is 57.7. The van der Waals surface area contributed by atoms with Crippen LogP contribution in [0.15, 0.2) is 187 Å². The monoisotopic (exact) mass is 791 g/mol. The quantitative estimate of drug-likeness (QED) is 0.0967. The number of fused-ring (bicyclic) bond motifs is 3. The summed E-state index contributed by atoms with van der Waals surface area (Å²) >= 11 is 0. The number of imide groups is 1. The van der Waals surface area contributed by atoms with Crippen molar-refractivity contribution in [1.29, 1.82) is 0 Å². The van der Waals surface area contributed by atoms with Gasteiger partial charge >= 0.3 is 17.1 Å². The number of carbonyl (C=O) groups excluding carboxylic acids is 2. The van der Waals surface area contributed by atoms with E-state index in [0.717, 1.165) is 5.75 Å². The van der Waals surface area contributed by atoms with Gasteiger partial charge in [0.2, 0.25) is 0 Å². The van der Waals surface area contributed by atoms with E-state index in [4.69, 9.17) is 4.74 Å². The zero-order valence-corrected chi connectivity index (χ0v) is 32.9. The Balaban J connectivity index is 0.000000321. The molecule has 2 unspecified atom stereocenters. The largest absolute Gasteiger partial charge is 1.00 e. The van der Waals surface area contributed by atoms with Crippen molar-refractivity contribution in [1.82, 2.24) is 0 Å². The number of hydrogen-bond donors (Lipinski definition) is 0. The van der Waals surface area contributed by atoms with E-state index >= 15 is 0 Å². The molecular formula is C47H40CuNO3P2+2. The number of amides is 2. The van der Waals surface area contributed by atoms with E-state index in [9.17, 15) is 9.59 Å². The van der Waals surface area contributed by atoms with Gasteiger partial charge in [-0.1, -0.05) is 135 Å². The normalized spacial score (nSPS) is 17.4. The fourth-order valence-electron chi connectivity index (χ4n) is 7.79. The second-order valence-electron chi connectivity index (χ2n) is 14.0. The first-order chi connectivity index (χ1) is 25.9. The third kappa shape index (κ3) is 7.18. The fraction of sp³-hybridized carbons (Fsp3) is 0.106. The SMILES string of the molecule is CC1(C)c2cccc([PH+](c3ccccc3)c3ccccc3)c2OC2C([PH+](c3ccccc3)c3ccccc3)=CC=CC21.O=C1[N-]C(=O)c2ccccc21.[Cu+]. The average Bonchev–Trinajstić information content (AvgIpc) is 3.50. The minimum Gasteiger partial charge on any atom is -0.587 e. The number of ether oxygens (including phenoxy) is 1. The molecule has 0 bridgehead atoms. The molecule has 0 spiro atoms. The molecule has 0 radical (unpaired) electrons. The summed E-state index contributed by atoms with van der Waals surface area (Å²) in [7, 11) is -2.56. The molecule has 270 valence electrons. The number of allylic oxidation sites excluding steroid dienone is 2. The maximum absolute atomic E-state index is 10.9. The van der Waals surface area contributed by atoms with E-state index in [-0.39, 0.29) is 34.5 Å². The van der Waals surface area contributed by atoms with Crippen LogP contribution in [0.4, 0.5) is 0 Å². The Bertz CT molecular complexity index is 2220. The maximum atomic E-state index is 10.9. The van der Waals surface area contributed by atoms with E-state index in [1.54, 1.807) is 24.3 Å². The number of carbonyl (C=O) groups is 2. The number of benzene rings is 6. The minimum absolute atomic E-state index is 0. The van der Waals surface area contributed by atoms with E-state index in [1.165, 1.54) is 37.4 Å². The standard InChI is InChI=1S/C39H34OP2.C8H5NO2.Cu/c1-39(2)33-25-15-27-35(41(29-17-7-3-8-18-29)30-19-9-4-10-20-30)37(33)40-38-34(39)26-16-28-36(38)42(31-21-11-5-12-22-31)32-23-13-6-14-24-32;10-7-5-3-1-2-4-6(5)8(11)9-7;/h3-28,33,37H,1-2H3;1-4H,(H,9,10,11);/q;;+1/p+1. The summed E-state index contributed by atoms with van der Waals surface area (Å²) in [4.78, 5) is 21.8. The Morgan fingerprint density at radius 1 is 0.556 bits per heavy atom. The Labute approximate surface area is 330 Å². The van der Waals surface area contributed by atoms with Crippen LogP contribution >= 0.6 is 15.8 Å². The van der Waals surface area contributed by atoms with Crippen LogP contribution in [0.2, 0.25) is 0 Å². The third-order valence-corrected chi connectivity index (χ3v) is 16.0. The molecule has 7 heteroatoms. The molecule has 4 nitrogen and oxygen atoms in total. The molecule has 2 atom stereocenters. The smallest absolute Gasteiger partial charge is 0.587 e. The van der Waals surface area contributed by atoms with Crippen molar-refractivity contribution >= 4 is 54.2 Å². The molecule has 0 saturated carbocycles. The molecule has 2 amide bonds. The van der Waals surface area contributed by atoms with Crippen molar-refractivity contribution in [3.05, 3.63) is 209 Å². The van der Waals surface area contributed by atoms with Gasteiger partial charge in [0.1, 0.15) is 39.8 Å². The van der Waals surface area contributed by atoms with E-state index in [1.807, 2.05) is 0 Å². The van der Waals surface area contributed by atoms with Crippen molar-refractivity contribution in [2.75, 3.05) is 0 Å². The van der Waals surface area contributed by atoms with Gasteiger partial charge in [-0.2, -0.15) is 0 Å². The van der Waals surface area contributed by atoms with Crippen molar-refractivity contribution in [3.8, 4) is 5.75 Å². The van der Waals surface area contributed by atoms with Crippen LogP contribution in [0, 0.1) is 5.92 Å². The first-order valence-electron chi connectivity index (χ1n) is 18.0. The van der Waals surface area contributed by atoms with Crippen LogP contribution in [0.25, 0.3) is 5.32 Å². The molecule has 0 saturated heterocycles. The van der Waals surface area contributed by atoms with Crippen LogP contribution < -0.4 is 31.3 Å². The number of para-hydroxylation sites is 1. The first kappa shape index (κ1) is 37.4. The predicted molar refractivity (Wildman–Crippen MR) is 224 cm³/mol. The fourth-order valence-corrected chi connectivity index (χ4v) is 13.3. The second-order valence-corrected chi connectivity index (χ2v) is 18.9. The molecule has 6 aromatic rings. The molecule has 0 fully saturated rings. The van der Waals surface area contributed by atoms with Crippen molar-refractivity contribution in [3.63, 3.8) is 0 Å². The number of nitrogens with zero attached hydrogens (tertiary/aromatic N) is 1. The number of hydrogen-bond acceptors (Lipinski definition) is 3. The summed E-state index contributed by atoms with van der Waals surface area (Å²) in [5.41, 5.74) is 2.05. The number of rotatable bonds is 6. The molecular weight excluding hydrogens is 752 g/mol. The van der Waals surface area contributed by atoms with Gasteiger partial charge in [0.15, 0.2) is 11.9 Å². The van der Waals surface area contributed by atoms with Crippen LogP contribution in [0.3, 0.4) is 0 Å². The first-order valence-corrected chi connectivity index (χ1v) is 21.0. The molecule has 54 heavy (non-hydrogen) atoms. The molecule has 0 aromatic heterocycles. The summed E-state index contributed by atoms with van der Waals surface area (Å²) in [6.45, 7) is 4.83. The molecule has 6 aromatic carbocycles. The van der Waals surface area contributed by atoms with E-state index in [2.05, 4.69) is 177 Å². The van der Waals surface area contributed by atoms with Crippen LogP contribution in [-0.4, -0.2) is 17.9 Å². The van der Waals surface area contributed by atoms with Gasteiger partial charge in [-0.15, -0.1) is 0 Å². The molecule has 2 aliphatic heterocycles. The van der Waals surface area contributed by atoms with Gasteiger partial charge in [-0.3, -0.25) is 0 Å². The van der Waals surface area contributed by atoms with E-state index < -0.39 is 27.7 Å².